The second kappa shape index (κ2) is 10.4. The van der Waals surface area contributed by atoms with Crippen LogP contribution in [-0.4, -0.2) is 63.4 Å². The Labute approximate surface area is 150 Å². The molecule has 1 aliphatic heterocycles. The molecule has 1 heterocycles. The van der Waals surface area contributed by atoms with Gasteiger partial charge < -0.3 is 20.1 Å². The van der Waals surface area contributed by atoms with E-state index in [0.717, 1.165) is 37.6 Å². The molecule has 0 saturated carbocycles. The Morgan fingerprint density at radius 1 is 1.44 bits per heavy atom. The Morgan fingerprint density at radius 3 is 2.88 bits per heavy atom. The summed E-state index contributed by atoms with van der Waals surface area (Å²) in [5.74, 6) is 0.896. The summed E-state index contributed by atoms with van der Waals surface area (Å²) in [7, 11) is 1.67. The van der Waals surface area contributed by atoms with Crippen LogP contribution in [0.5, 0.6) is 5.75 Å². The van der Waals surface area contributed by atoms with Crippen molar-refractivity contribution in [3.8, 4) is 5.75 Å². The number of ether oxygens (including phenoxy) is 2. The summed E-state index contributed by atoms with van der Waals surface area (Å²) in [5, 5.41) is 6.41. The largest absolute Gasteiger partial charge is 0.497 e. The number of carbonyl (C=O) groups excluding carboxylic acids is 1. The first-order valence-corrected chi connectivity index (χ1v) is 9.13. The number of rotatable bonds is 9. The van der Waals surface area contributed by atoms with Gasteiger partial charge in [0.15, 0.2) is 0 Å². The standard InChI is InChI=1S/C19H31N3O3/c1-4-22(5-2)18(15-7-6-8-17(11-15)24-3)13-21-19(23)12-16-14-25-10-9-20-16/h6-8,11,16,18,20H,4-5,9-10,12-14H2,1-3H3,(H,21,23). The van der Waals surface area contributed by atoms with Crippen molar-refractivity contribution in [2.24, 2.45) is 0 Å². The van der Waals surface area contributed by atoms with Crippen LogP contribution in [0.3, 0.4) is 0 Å². The summed E-state index contributed by atoms with van der Waals surface area (Å²) in [6.07, 6.45) is 0.448. The normalized spacial score (nSPS) is 18.8. The van der Waals surface area contributed by atoms with Crippen molar-refractivity contribution in [2.45, 2.75) is 32.4 Å². The number of nitrogens with zero attached hydrogens (tertiary/aromatic N) is 1. The summed E-state index contributed by atoms with van der Waals surface area (Å²) in [6.45, 7) is 8.84. The molecule has 1 aromatic carbocycles. The highest BCUT2D eigenvalue weighted by molar-refractivity contribution is 5.76. The molecule has 140 valence electrons. The fourth-order valence-corrected chi connectivity index (χ4v) is 3.23. The molecule has 1 saturated heterocycles. The van der Waals surface area contributed by atoms with Gasteiger partial charge in [0.1, 0.15) is 5.75 Å². The molecule has 0 radical (unpaired) electrons. The third-order valence-electron chi connectivity index (χ3n) is 4.65. The maximum Gasteiger partial charge on any atom is 0.221 e. The molecule has 6 heteroatoms. The van der Waals surface area contributed by atoms with Gasteiger partial charge in [-0.15, -0.1) is 0 Å². The molecule has 1 aliphatic rings. The van der Waals surface area contributed by atoms with Gasteiger partial charge in [-0.2, -0.15) is 0 Å². The fourth-order valence-electron chi connectivity index (χ4n) is 3.23. The topological polar surface area (TPSA) is 62.8 Å². The lowest BCUT2D eigenvalue weighted by Crippen LogP contribution is -2.45. The second-order valence-corrected chi connectivity index (χ2v) is 6.25. The minimum atomic E-state index is 0.0584. The van der Waals surface area contributed by atoms with E-state index in [1.165, 1.54) is 0 Å². The van der Waals surface area contributed by atoms with Crippen molar-refractivity contribution < 1.29 is 14.3 Å². The van der Waals surface area contributed by atoms with Gasteiger partial charge >= 0.3 is 0 Å². The molecule has 2 unspecified atom stereocenters. The highest BCUT2D eigenvalue weighted by atomic mass is 16.5. The Morgan fingerprint density at radius 2 is 2.24 bits per heavy atom. The fraction of sp³-hybridized carbons (Fsp3) is 0.632. The van der Waals surface area contributed by atoms with Gasteiger partial charge in [-0.05, 0) is 30.8 Å². The van der Waals surface area contributed by atoms with Gasteiger partial charge in [-0.1, -0.05) is 26.0 Å². The Kier molecular flexibility index (Phi) is 8.18. The second-order valence-electron chi connectivity index (χ2n) is 6.25. The summed E-state index contributed by atoms with van der Waals surface area (Å²) in [4.78, 5) is 14.7. The number of hydrogen-bond donors (Lipinski definition) is 2. The molecule has 0 bridgehead atoms. The van der Waals surface area contributed by atoms with Crippen LogP contribution >= 0.6 is 0 Å². The maximum atomic E-state index is 12.3. The molecule has 2 rings (SSSR count). The molecule has 2 N–H and O–H groups in total. The van der Waals surface area contributed by atoms with E-state index in [2.05, 4.69) is 35.4 Å². The minimum Gasteiger partial charge on any atom is -0.497 e. The molecule has 1 amide bonds. The maximum absolute atomic E-state index is 12.3. The lowest BCUT2D eigenvalue weighted by Gasteiger charge is -2.31. The van der Waals surface area contributed by atoms with Gasteiger partial charge in [-0.3, -0.25) is 9.69 Å². The lowest BCUT2D eigenvalue weighted by molar-refractivity contribution is -0.122. The summed E-state index contributed by atoms with van der Waals surface area (Å²) in [6, 6.07) is 8.31. The molecule has 0 spiro atoms. The predicted molar refractivity (Wildman–Crippen MR) is 98.9 cm³/mol. The molecule has 1 fully saturated rings. The van der Waals surface area contributed by atoms with Gasteiger partial charge in [-0.25, -0.2) is 0 Å². The Balaban J connectivity index is 1.99. The molecular weight excluding hydrogens is 318 g/mol. The van der Waals surface area contributed by atoms with Gasteiger partial charge in [0.05, 0.1) is 26.4 Å². The van der Waals surface area contributed by atoms with Crippen molar-refractivity contribution in [3.63, 3.8) is 0 Å². The van der Waals surface area contributed by atoms with E-state index in [0.29, 0.717) is 19.6 Å². The third-order valence-corrected chi connectivity index (χ3v) is 4.65. The van der Waals surface area contributed by atoms with Crippen molar-refractivity contribution >= 4 is 5.91 Å². The molecule has 25 heavy (non-hydrogen) atoms. The van der Waals surface area contributed by atoms with E-state index in [1.807, 2.05) is 18.2 Å². The van der Waals surface area contributed by atoms with E-state index in [9.17, 15) is 4.79 Å². The zero-order valence-corrected chi connectivity index (χ0v) is 15.6. The predicted octanol–water partition coefficient (Wildman–Crippen LogP) is 1.57. The number of morpholine rings is 1. The first-order chi connectivity index (χ1) is 12.2. The average Bonchev–Trinajstić information content (AvgIpc) is 2.66. The zero-order valence-electron chi connectivity index (χ0n) is 15.6. The number of carbonyl (C=O) groups is 1. The van der Waals surface area contributed by atoms with Crippen molar-refractivity contribution in [2.75, 3.05) is 46.5 Å². The number of likely N-dealkylation sites (N-methyl/N-ethyl adjacent to an activating group) is 1. The number of benzene rings is 1. The minimum absolute atomic E-state index is 0.0584. The highest BCUT2D eigenvalue weighted by Crippen LogP contribution is 2.23. The van der Waals surface area contributed by atoms with Gasteiger partial charge in [0, 0.05) is 25.6 Å². The van der Waals surface area contributed by atoms with Crippen LogP contribution in [0.25, 0.3) is 0 Å². The number of hydrogen-bond acceptors (Lipinski definition) is 5. The molecule has 2 atom stereocenters. The van der Waals surface area contributed by atoms with Crippen molar-refractivity contribution in [1.29, 1.82) is 0 Å². The van der Waals surface area contributed by atoms with E-state index in [-0.39, 0.29) is 18.0 Å². The Bertz CT molecular complexity index is 528. The number of amides is 1. The monoisotopic (exact) mass is 349 g/mol. The zero-order chi connectivity index (χ0) is 18.1. The molecular formula is C19H31N3O3. The van der Waals surface area contributed by atoms with Crippen LogP contribution in [0.4, 0.5) is 0 Å². The summed E-state index contributed by atoms with van der Waals surface area (Å²) >= 11 is 0. The Hall–Kier alpha value is -1.63. The molecule has 1 aromatic rings. The molecule has 6 nitrogen and oxygen atoms in total. The van der Waals surface area contributed by atoms with E-state index in [4.69, 9.17) is 9.47 Å². The van der Waals surface area contributed by atoms with Gasteiger partial charge in [0.25, 0.3) is 0 Å². The van der Waals surface area contributed by atoms with Gasteiger partial charge in [0.2, 0.25) is 5.91 Å². The molecule has 0 aliphatic carbocycles. The first-order valence-electron chi connectivity index (χ1n) is 9.13. The van der Waals surface area contributed by atoms with Crippen LogP contribution in [0, 0.1) is 0 Å². The van der Waals surface area contributed by atoms with Crippen LogP contribution in [0.15, 0.2) is 24.3 Å². The number of methoxy groups -OCH3 is 1. The lowest BCUT2D eigenvalue weighted by atomic mass is 10.0. The summed E-state index contributed by atoms with van der Waals surface area (Å²) < 4.78 is 10.8. The van der Waals surface area contributed by atoms with Crippen LogP contribution < -0.4 is 15.4 Å². The molecule has 0 aromatic heterocycles. The SMILES string of the molecule is CCN(CC)C(CNC(=O)CC1COCCN1)c1cccc(OC)c1. The van der Waals surface area contributed by atoms with E-state index in [1.54, 1.807) is 7.11 Å². The third kappa shape index (κ3) is 5.99. The number of nitrogens with one attached hydrogen (secondary N) is 2. The van der Waals surface area contributed by atoms with E-state index < -0.39 is 0 Å². The summed E-state index contributed by atoms with van der Waals surface area (Å²) in [5.41, 5.74) is 1.16. The first kappa shape index (κ1) is 19.7. The van der Waals surface area contributed by atoms with E-state index >= 15 is 0 Å². The smallest absolute Gasteiger partial charge is 0.221 e. The quantitative estimate of drug-likeness (QED) is 0.709. The van der Waals surface area contributed by atoms with Crippen LogP contribution in [0.1, 0.15) is 31.9 Å². The van der Waals surface area contributed by atoms with Crippen LogP contribution in [-0.2, 0) is 9.53 Å². The van der Waals surface area contributed by atoms with Crippen molar-refractivity contribution in [3.05, 3.63) is 29.8 Å². The highest BCUT2D eigenvalue weighted by Gasteiger charge is 2.21. The average molecular weight is 349 g/mol. The van der Waals surface area contributed by atoms with Crippen LogP contribution in [0.2, 0.25) is 0 Å². The van der Waals surface area contributed by atoms with Crippen molar-refractivity contribution in [1.82, 2.24) is 15.5 Å².